The molecule has 0 bridgehead atoms. The predicted octanol–water partition coefficient (Wildman–Crippen LogP) is 6.16. The molecule has 0 aliphatic carbocycles. The molecule has 2 rings (SSSR count). The van der Waals surface area contributed by atoms with Crippen LogP contribution >= 0.6 is 0 Å². The summed E-state index contributed by atoms with van der Waals surface area (Å²) in [5.74, 6) is 0.432. The summed E-state index contributed by atoms with van der Waals surface area (Å²) in [5, 5.41) is 10.7. The van der Waals surface area contributed by atoms with E-state index in [1.165, 1.54) is 5.56 Å². The maximum Gasteiger partial charge on any atom is 0.123 e. The van der Waals surface area contributed by atoms with Gasteiger partial charge in [-0.05, 0) is 34.1 Å². The van der Waals surface area contributed by atoms with Crippen LogP contribution in [0.25, 0.3) is 12.2 Å². The second-order valence-electron chi connectivity index (χ2n) is 8.21. The Morgan fingerprint density at radius 1 is 0.696 bits per heavy atom. The zero-order chi connectivity index (χ0) is 17.3. The smallest absolute Gasteiger partial charge is 0.123 e. The molecule has 2 aromatic carbocycles. The minimum atomic E-state index is -0.0965. The Labute approximate surface area is 140 Å². The molecule has 23 heavy (non-hydrogen) atoms. The summed E-state index contributed by atoms with van der Waals surface area (Å²) in [7, 11) is 0. The van der Waals surface area contributed by atoms with E-state index in [0.29, 0.717) is 5.75 Å². The highest BCUT2D eigenvalue weighted by molar-refractivity contribution is 5.71. The van der Waals surface area contributed by atoms with Gasteiger partial charge in [-0.1, -0.05) is 84.0 Å². The van der Waals surface area contributed by atoms with E-state index in [9.17, 15) is 5.11 Å². The van der Waals surface area contributed by atoms with Crippen LogP contribution in [0, 0.1) is 0 Å². The van der Waals surface area contributed by atoms with E-state index in [1.807, 2.05) is 18.2 Å². The Kier molecular flexibility index (Phi) is 4.70. The molecule has 0 spiro atoms. The van der Waals surface area contributed by atoms with Gasteiger partial charge in [-0.25, -0.2) is 0 Å². The summed E-state index contributed by atoms with van der Waals surface area (Å²) in [6.45, 7) is 12.8. The van der Waals surface area contributed by atoms with E-state index >= 15 is 0 Å². The van der Waals surface area contributed by atoms with Crippen LogP contribution in [-0.2, 0) is 10.8 Å². The zero-order valence-electron chi connectivity index (χ0n) is 15.1. The van der Waals surface area contributed by atoms with Crippen molar-refractivity contribution in [2.24, 2.45) is 0 Å². The number of aromatic hydroxyl groups is 1. The molecule has 0 saturated heterocycles. The van der Waals surface area contributed by atoms with Crippen LogP contribution in [0.2, 0.25) is 0 Å². The number of phenols is 1. The summed E-state index contributed by atoms with van der Waals surface area (Å²) < 4.78 is 0. The monoisotopic (exact) mass is 308 g/mol. The van der Waals surface area contributed by atoms with Crippen LogP contribution in [0.15, 0.2) is 42.5 Å². The molecular weight excluding hydrogens is 280 g/mol. The zero-order valence-corrected chi connectivity index (χ0v) is 15.1. The van der Waals surface area contributed by atoms with Crippen molar-refractivity contribution in [2.75, 3.05) is 0 Å². The van der Waals surface area contributed by atoms with Crippen molar-refractivity contribution < 1.29 is 5.11 Å². The van der Waals surface area contributed by atoms with E-state index < -0.39 is 0 Å². The third-order valence-electron chi connectivity index (χ3n) is 4.02. The average Bonchev–Trinajstić information content (AvgIpc) is 2.44. The Hall–Kier alpha value is -2.02. The quantitative estimate of drug-likeness (QED) is 0.659. The molecule has 0 radical (unpaired) electrons. The van der Waals surface area contributed by atoms with Gasteiger partial charge in [0.25, 0.3) is 0 Å². The predicted molar refractivity (Wildman–Crippen MR) is 101 cm³/mol. The van der Waals surface area contributed by atoms with Crippen LogP contribution in [0.3, 0.4) is 0 Å². The first-order valence-corrected chi connectivity index (χ1v) is 8.20. The van der Waals surface area contributed by atoms with Gasteiger partial charge in [0.1, 0.15) is 5.75 Å². The van der Waals surface area contributed by atoms with Crippen LogP contribution in [0.1, 0.15) is 63.8 Å². The van der Waals surface area contributed by atoms with Crippen molar-refractivity contribution in [3.05, 3.63) is 64.7 Å². The van der Waals surface area contributed by atoms with Crippen LogP contribution in [0.5, 0.6) is 5.75 Å². The molecule has 1 heteroatoms. The topological polar surface area (TPSA) is 20.2 Å². The van der Waals surface area contributed by atoms with E-state index in [0.717, 1.165) is 16.7 Å². The lowest BCUT2D eigenvalue weighted by Crippen LogP contribution is -2.17. The molecular formula is C22H28O. The highest BCUT2D eigenvalue weighted by Crippen LogP contribution is 2.40. The van der Waals surface area contributed by atoms with Crippen LogP contribution in [-0.4, -0.2) is 5.11 Å². The molecule has 0 aliphatic rings. The molecule has 0 heterocycles. The third kappa shape index (κ3) is 4.25. The third-order valence-corrected chi connectivity index (χ3v) is 4.02. The van der Waals surface area contributed by atoms with Crippen molar-refractivity contribution in [2.45, 2.75) is 52.4 Å². The van der Waals surface area contributed by atoms with Gasteiger partial charge in [-0.2, -0.15) is 0 Å². The number of phenolic OH excluding ortho intramolecular Hbond substituents is 1. The summed E-state index contributed by atoms with van der Waals surface area (Å²) in [4.78, 5) is 0. The Balaban J connectivity index is 2.54. The molecule has 0 aromatic heterocycles. The standard InChI is InChI=1S/C22H28O/c1-21(2,3)18-14-17(13-12-16-10-8-7-9-11-16)15-19(20(18)23)22(4,5)6/h7-15,23H,1-6H3/b13-12+. The van der Waals surface area contributed by atoms with Crippen molar-refractivity contribution >= 4 is 12.2 Å². The van der Waals surface area contributed by atoms with E-state index in [4.69, 9.17) is 0 Å². The number of benzene rings is 2. The van der Waals surface area contributed by atoms with Crippen LogP contribution in [0.4, 0.5) is 0 Å². The van der Waals surface area contributed by atoms with E-state index in [-0.39, 0.29) is 10.8 Å². The molecule has 1 N–H and O–H groups in total. The van der Waals surface area contributed by atoms with Crippen molar-refractivity contribution in [3.8, 4) is 5.75 Å². The fourth-order valence-corrected chi connectivity index (χ4v) is 2.65. The molecule has 0 atom stereocenters. The minimum Gasteiger partial charge on any atom is -0.507 e. The summed E-state index contributed by atoms with van der Waals surface area (Å²) in [6, 6.07) is 14.5. The normalized spacial score (nSPS) is 12.8. The molecule has 0 saturated carbocycles. The van der Waals surface area contributed by atoms with Gasteiger partial charge in [0.05, 0.1) is 0 Å². The van der Waals surface area contributed by atoms with E-state index in [2.05, 4.69) is 78.0 Å². The second kappa shape index (κ2) is 6.23. The molecule has 0 aliphatic heterocycles. The second-order valence-corrected chi connectivity index (χ2v) is 8.21. The van der Waals surface area contributed by atoms with E-state index in [1.54, 1.807) is 0 Å². The molecule has 2 aromatic rings. The molecule has 0 unspecified atom stereocenters. The highest BCUT2D eigenvalue weighted by atomic mass is 16.3. The highest BCUT2D eigenvalue weighted by Gasteiger charge is 2.26. The number of hydrogen-bond acceptors (Lipinski definition) is 1. The molecule has 0 fully saturated rings. The molecule has 122 valence electrons. The lowest BCUT2D eigenvalue weighted by molar-refractivity contribution is 0.423. The molecule has 1 nitrogen and oxygen atoms in total. The van der Waals surface area contributed by atoms with Gasteiger partial charge in [-0.3, -0.25) is 0 Å². The van der Waals surface area contributed by atoms with Gasteiger partial charge in [-0.15, -0.1) is 0 Å². The van der Waals surface area contributed by atoms with Gasteiger partial charge < -0.3 is 5.11 Å². The summed E-state index contributed by atoms with van der Waals surface area (Å²) in [6.07, 6.45) is 4.24. The van der Waals surface area contributed by atoms with Crippen molar-refractivity contribution in [3.63, 3.8) is 0 Å². The number of rotatable bonds is 2. The lowest BCUT2D eigenvalue weighted by atomic mass is 9.78. The minimum absolute atomic E-state index is 0.0965. The summed E-state index contributed by atoms with van der Waals surface area (Å²) in [5.41, 5.74) is 4.11. The fraction of sp³-hybridized carbons (Fsp3) is 0.364. The SMILES string of the molecule is CC(C)(C)c1cc(/C=C/c2ccccc2)cc(C(C)(C)C)c1O. The van der Waals surface area contributed by atoms with Gasteiger partial charge in [0.2, 0.25) is 0 Å². The first kappa shape index (κ1) is 17.3. The van der Waals surface area contributed by atoms with Gasteiger partial charge in [0.15, 0.2) is 0 Å². The Morgan fingerprint density at radius 3 is 1.57 bits per heavy atom. The fourth-order valence-electron chi connectivity index (χ4n) is 2.65. The first-order valence-electron chi connectivity index (χ1n) is 8.20. The van der Waals surface area contributed by atoms with Gasteiger partial charge in [0, 0.05) is 11.1 Å². The average molecular weight is 308 g/mol. The Bertz CT molecular complexity index is 660. The first-order chi connectivity index (χ1) is 10.6. The summed E-state index contributed by atoms with van der Waals surface area (Å²) >= 11 is 0. The molecule has 0 amide bonds. The van der Waals surface area contributed by atoms with Crippen molar-refractivity contribution in [1.82, 2.24) is 0 Å². The maximum atomic E-state index is 10.7. The van der Waals surface area contributed by atoms with Crippen molar-refractivity contribution in [1.29, 1.82) is 0 Å². The Morgan fingerprint density at radius 2 is 1.13 bits per heavy atom. The lowest BCUT2D eigenvalue weighted by Gasteiger charge is -2.27. The largest absolute Gasteiger partial charge is 0.507 e. The van der Waals surface area contributed by atoms with Crippen LogP contribution < -0.4 is 0 Å². The van der Waals surface area contributed by atoms with Gasteiger partial charge >= 0.3 is 0 Å². The maximum absolute atomic E-state index is 10.7. The number of hydrogen-bond donors (Lipinski definition) is 1.